The van der Waals surface area contributed by atoms with Gasteiger partial charge in [-0.2, -0.15) is 13.9 Å². The molecule has 3 aromatic rings. The molecule has 1 aromatic carbocycles. The van der Waals surface area contributed by atoms with Gasteiger partial charge in [-0.3, -0.25) is 9.89 Å². The number of nitrogens with zero attached hydrogens (tertiary/aromatic N) is 6. The molecule has 0 N–H and O–H groups in total. The first kappa shape index (κ1) is 24.9. The van der Waals surface area contributed by atoms with E-state index in [1.165, 1.54) is 35.7 Å². The van der Waals surface area contributed by atoms with Gasteiger partial charge in [-0.15, -0.1) is 11.3 Å². The number of ether oxygens (including phenoxy) is 1. The van der Waals surface area contributed by atoms with E-state index in [0.717, 1.165) is 12.1 Å². The lowest BCUT2D eigenvalue weighted by molar-refractivity contribution is 0.0564. The number of carbonyl (C=O) groups excluding carboxylic acids is 1. The number of fused-ring (bicyclic) bond motifs is 1. The number of halogens is 4. The zero-order chi connectivity index (χ0) is 26.6. The molecule has 0 bridgehead atoms. The predicted molar refractivity (Wildman–Crippen MR) is 136 cm³/mol. The second kappa shape index (κ2) is 9.42. The molecule has 1 amide bonds. The van der Waals surface area contributed by atoms with Crippen molar-refractivity contribution in [2.24, 2.45) is 4.99 Å². The number of amides is 1. The summed E-state index contributed by atoms with van der Waals surface area (Å²) in [6.07, 6.45) is 3.61. The molecule has 0 radical (unpaired) electrons. The predicted octanol–water partition coefficient (Wildman–Crippen LogP) is 5.75. The number of alkyl halides is 2. The van der Waals surface area contributed by atoms with E-state index in [-0.39, 0.29) is 17.7 Å². The van der Waals surface area contributed by atoms with Crippen molar-refractivity contribution >= 4 is 40.4 Å². The van der Waals surface area contributed by atoms with Crippen LogP contribution >= 0.6 is 22.9 Å². The Bertz CT molecular complexity index is 1460. The SMILES string of the molecule is CCCN1C(=O)OC[C@]12CC1=C(c3ccn(C(F)F)n3)[C@H](c3ccc(F)cc3Cl)N=C(c3nccs3)N1C2. The summed E-state index contributed by atoms with van der Waals surface area (Å²) >= 11 is 7.91. The Morgan fingerprint density at radius 1 is 1.32 bits per heavy atom. The Labute approximate surface area is 225 Å². The molecule has 2 fully saturated rings. The highest BCUT2D eigenvalue weighted by molar-refractivity contribution is 7.11. The van der Waals surface area contributed by atoms with Crippen molar-refractivity contribution in [1.82, 2.24) is 24.6 Å². The molecule has 2 aromatic heterocycles. The van der Waals surface area contributed by atoms with Gasteiger partial charge in [0.05, 0.1) is 12.2 Å². The number of rotatable bonds is 6. The molecular weight excluding hydrogens is 541 g/mol. The van der Waals surface area contributed by atoms with Crippen LogP contribution in [0.1, 0.15) is 48.6 Å². The zero-order valence-corrected chi connectivity index (χ0v) is 21.7. The molecule has 1 spiro atoms. The number of hydrogen-bond donors (Lipinski definition) is 0. The molecule has 8 nitrogen and oxygen atoms in total. The van der Waals surface area contributed by atoms with Crippen molar-refractivity contribution in [3.63, 3.8) is 0 Å². The van der Waals surface area contributed by atoms with E-state index in [1.807, 2.05) is 17.2 Å². The molecule has 198 valence electrons. The van der Waals surface area contributed by atoms with Crippen molar-refractivity contribution in [1.29, 1.82) is 0 Å². The van der Waals surface area contributed by atoms with Gasteiger partial charge in [-0.25, -0.2) is 18.9 Å². The summed E-state index contributed by atoms with van der Waals surface area (Å²) in [6, 6.07) is 4.76. The summed E-state index contributed by atoms with van der Waals surface area (Å²) in [5, 5.41) is 6.79. The highest BCUT2D eigenvalue weighted by Crippen LogP contribution is 2.50. The van der Waals surface area contributed by atoms with E-state index < -0.39 is 23.9 Å². The summed E-state index contributed by atoms with van der Waals surface area (Å²) < 4.78 is 47.1. The minimum absolute atomic E-state index is 0.150. The molecule has 0 aliphatic carbocycles. The van der Waals surface area contributed by atoms with Gasteiger partial charge in [0.2, 0.25) is 0 Å². The van der Waals surface area contributed by atoms with Gasteiger partial charge in [0.15, 0.2) is 10.8 Å². The number of carbonyl (C=O) groups is 1. The number of cyclic esters (lactones) is 1. The molecule has 0 unspecified atom stereocenters. The summed E-state index contributed by atoms with van der Waals surface area (Å²) in [5.74, 6) is 0.0539. The quantitative estimate of drug-likeness (QED) is 0.382. The molecule has 3 aliphatic heterocycles. The monoisotopic (exact) mass is 562 g/mol. The smallest absolute Gasteiger partial charge is 0.410 e. The van der Waals surface area contributed by atoms with Crippen molar-refractivity contribution in [2.45, 2.75) is 37.9 Å². The molecule has 2 saturated heterocycles. The Hall–Kier alpha value is -3.38. The first-order valence-electron chi connectivity index (χ1n) is 12.0. The molecule has 3 aliphatic rings. The van der Waals surface area contributed by atoms with Crippen LogP contribution in [0.5, 0.6) is 0 Å². The molecule has 5 heterocycles. The fraction of sp³-hybridized carbons (Fsp3) is 0.360. The van der Waals surface area contributed by atoms with Gasteiger partial charge >= 0.3 is 12.6 Å². The van der Waals surface area contributed by atoms with Crippen molar-refractivity contribution in [3.8, 4) is 0 Å². The van der Waals surface area contributed by atoms with Crippen LogP contribution in [-0.2, 0) is 4.74 Å². The fourth-order valence-electron chi connectivity index (χ4n) is 5.42. The third-order valence-corrected chi connectivity index (χ3v) is 8.13. The van der Waals surface area contributed by atoms with E-state index in [0.29, 0.717) is 51.9 Å². The topological polar surface area (TPSA) is 75.8 Å². The Balaban J connectivity index is 1.58. The summed E-state index contributed by atoms with van der Waals surface area (Å²) in [4.78, 5) is 25.9. The van der Waals surface area contributed by atoms with Crippen LogP contribution in [0.15, 0.2) is 52.7 Å². The lowest BCUT2D eigenvalue weighted by atomic mass is 9.90. The van der Waals surface area contributed by atoms with E-state index in [9.17, 15) is 18.0 Å². The van der Waals surface area contributed by atoms with Gasteiger partial charge in [0, 0.05) is 52.6 Å². The van der Waals surface area contributed by atoms with Crippen LogP contribution in [-0.4, -0.2) is 61.7 Å². The minimum Gasteiger partial charge on any atom is -0.447 e. The highest BCUT2D eigenvalue weighted by atomic mass is 35.5. The number of thiazole rings is 1. The van der Waals surface area contributed by atoms with Crippen LogP contribution in [0.25, 0.3) is 5.57 Å². The van der Waals surface area contributed by atoms with Crippen LogP contribution < -0.4 is 0 Å². The molecule has 0 saturated carbocycles. The lowest BCUT2D eigenvalue weighted by Crippen LogP contribution is -2.50. The Morgan fingerprint density at radius 3 is 2.84 bits per heavy atom. The first-order chi connectivity index (χ1) is 18.3. The van der Waals surface area contributed by atoms with E-state index >= 15 is 0 Å². The standard InChI is InChI=1S/C25H22ClF3N6O2S/c1-2-7-34-24(36)37-13-25(34)11-18-19(17-5-8-35(32-17)23(28)29)20(15-4-3-14(27)10-16(15)26)31-21(33(18)12-25)22-30-6-9-38-22/h3-6,8-10,20,23H,2,7,11-13H2,1H3/t20-,25+/m0/s1. The minimum atomic E-state index is -2.83. The van der Waals surface area contributed by atoms with E-state index in [2.05, 4.69) is 10.1 Å². The maximum Gasteiger partial charge on any atom is 0.410 e. The van der Waals surface area contributed by atoms with Gasteiger partial charge in [-0.1, -0.05) is 24.6 Å². The second-order valence-corrected chi connectivity index (χ2v) is 10.7. The van der Waals surface area contributed by atoms with Crippen LogP contribution in [0, 0.1) is 5.82 Å². The first-order valence-corrected chi connectivity index (χ1v) is 13.3. The number of hydrogen-bond acceptors (Lipinski definition) is 7. The largest absolute Gasteiger partial charge is 0.447 e. The summed E-state index contributed by atoms with van der Waals surface area (Å²) in [6.45, 7) is 0.226. The van der Waals surface area contributed by atoms with Gasteiger partial charge in [0.25, 0.3) is 0 Å². The summed E-state index contributed by atoms with van der Waals surface area (Å²) in [5.41, 5.74) is 1.43. The Morgan fingerprint density at radius 2 is 2.16 bits per heavy atom. The lowest BCUT2D eigenvalue weighted by Gasteiger charge is -2.33. The van der Waals surface area contributed by atoms with Crippen molar-refractivity contribution in [2.75, 3.05) is 19.7 Å². The zero-order valence-electron chi connectivity index (χ0n) is 20.2. The van der Waals surface area contributed by atoms with Crippen molar-refractivity contribution in [3.05, 3.63) is 74.8 Å². The third-order valence-electron chi connectivity index (χ3n) is 7.04. The Kier molecular flexibility index (Phi) is 6.18. The molecular formula is C25H22ClF3N6O2S. The third kappa shape index (κ3) is 3.97. The number of aliphatic imine (C=N–C) groups is 1. The maximum atomic E-state index is 14.0. The van der Waals surface area contributed by atoms with E-state index in [4.69, 9.17) is 21.3 Å². The maximum absolute atomic E-state index is 14.0. The van der Waals surface area contributed by atoms with Crippen LogP contribution in [0.4, 0.5) is 18.0 Å². The van der Waals surface area contributed by atoms with Crippen LogP contribution in [0.3, 0.4) is 0 Å². The number of aromatic nitrogens is 3. The second-order valence-electron chi connectivity index (χ2n) is 9.37. The molecule has 2 atom stereocenters. The van der Waals surface area contributed by atoms with Gasteiger partial charge in [-0.05, 0) is 24.6 Å². The van der Waals surface area contributed by atoms with Gasteiger partial charge < -0.3 is 9.64 Å². The number of amidine groups is 1. The summed E-state index contributed by atoms with van der Waals surface area (Å²) in [7, 11) is 0. The molecule has 13 heteroatoms. The number of benzene rings is 1. The highest BCUT2D eigenvalue weighted by Gasteiger charge is 2.56. The average molecular weight is 563 g/mol. The van der Waals surface area contributed by atoms with Crippen molar-refractivity contribution < 1.29 is 22.7 Å². The van der Waals surface area contributed by atoms with E-state index in [1.54, 1.807) is 17.2 Å². The fourth-order valence-corrected chi connectivity index (χ4v) is 6.33. The molecule has 38 heavy (non-hydrogen) atoms. The van der Waals surface area contributed by atoms with Crippen LogP contribution in [0.2, 0.25) is 5.02 Å². The average Bonchev–Trinajstić information content (AvgIpc) is 3.68. The normalized spacial score (nSPS) is 23.1. The molecule has 6 rings (SSSR count). The van der Waals surface area contributed by atoms with Gasteiger partial charge in [0.1, 0.15) is 24.0 Å².